The van der Waals surface area contributed by atoms with Crippen LogP contribution in [-0.2, 0) is 14.3 Å². The first kappa shape index (κ1) is 17.6. The summed E-state index contributed by atoms with van der Waals surface area (Å²) in [6, 6.07) is 3.55. The van der Waals surface area contributed by atoms with Gasteiger partial charge in [-0.2, -0.15) is 0 Å². The van der Waals surface area contributed by atoms with E-state index in [1.807, 2.05) is 17.1 Å². The zero-order valence-corrected chi connectivity index (χ0v) is 15.8. The Kier molecular flexibility index (Phi) is 3.91. The molecule has 146 valence electrons. The van der Waals surface area contributed by atoms with E-state index in [1.54, 1.807) is 36.5 Å². The van der Waals surface area contributed by atoms with Gasteiger partial charge in [-0.15, -0.1) is 0 Å². The molecule has 0 saturated carbocycles. The molecule has 2 amide bonds. The van der Waals surface area contributed by atoms with Crippen molar-refractivity contribution in [1.29, 1.82) is 0 Å². The number of aromatic nitrogens is 1. The molecule has 1 spiro atoms. The van der Waals surface area contributed by atoms with Crippen molar-refractivity contribution in [2.24, 2.45) is 17.8 Å². The van der Waals surface area contributed by atoms with Gasteiger partial charge < -0.3 is 14.5 Å². The van der Waals surface area contributed by atoms with Gasteiger partial charge in [-0.05, 0) is 25.0 Å². The number of piperidine rings is 1. The number of hydrogen-bond acceptors (Lipinski definition) is 5. The van der Waals surface area contributed by atoms with Gasteiger partial charge in [0.05, 0.1) is 24.5 Å². The molecule has 28 heavy (non-hydrogen) atoms. The first-order valence-corrected chi connectivity index (χ1v) is 9.85. The summed E-state index contributed by atoms with van der Waals surface area (Å²) in [5.41, 5.74) is -0.00809. The van der Waals surface area contributed by atoms with Crippen LogP contribution >= 0.6 is 0 Å². The smallest absolute Gasteiger partial charge is 0.229 e. The maximum absolute atomic E-state index is 13.3. The molecule has 3 fully saturated rings. The lowest BCUT2D eigenvalue weighted by Gasteiger charge is -2.35. The molecule has 4 atom stereocenters. The molecule has 0 radical (unpaired) electrons. The van der Waals surface area contributed by atoms with Crippen LogP contribution < -0.4 is 0 Å². The second-order valence-electron chi connectivity index (χ2n) is 8.30. The highest BCUT2D eigenvalue weighted by Crippen LogP contribution is 2.52. The van der Waals surface area contributed by atoms with Gasteiger partial charge >= 0.3 is 0 Å². The number of carbonyl (C=O) groups is 3. The number of hydrogen-bond donors (Lipinski definition) is 0. The van der Waals surface area contributed by atoms with E-state index in [-0.39, 0.29) is 29.6 Å². The number of Topliss-reactive ketones (excluding diaryl/α,β-unsaturated/α-hetero) is 1. The number of pyridine rings is 1. The minimum atomic E-state index is -0.634. The number of nitrogens with zero attached hydrogens (tertiary/aromatic N) is 3. The molecular weight excluding hydrogens is 358 g/mol. The third-order valence-corrected chi connectivity index (χ3v) is 6.70. The van der Waals surface area contributed by atoms with E-state index in [9.17, 15) is 14.4 Å². The van der Waals surface area contributed by atoms with Crippen molar-refractivity contribution in [2.45, 2.75) is 24.5 Å². The average Bonchev–Trinajstić information content (AvgIpc) is 3.36. The van der Waals surface area contributed by atoms with E-state index in [4.69, 9.17) is 4.74 Å². The Morgan fingerprint density at radius 2 is 2.07 bits per heavy atom. The van der Waals surface area contributed by atoms with E-state index >= 15 is 0 Å². The first-order chi connectivity index (χ1) is 13.5. The van der Waals surface area contributed by atoms with E-state index in [0.29, 0.717) is 38.0 Å². The third-order valence-electron chi connectivity index (χ3n) is 6.70. The highest BCUT2D eigenvalue weighted by Gasteiger charge is 2.66. The van der Waals surface area contributed by atoms with Gasteiger partial charge in [0, 0.05) is 44.0 Å². The number of carbonyl (C=O) groups excluding carboxylic acids is 3. The average molecular weight is 381 g/mol. The summed E-state index contributed by atoms with van der Waals surface area (Å²) in [7, 11) is 1.76. The minimum Gasteiger partial charge on any atom is -0.360 e. The topological polar surface area (TPSA) is 79.8 Å². The van der Waals surface area contributed by atoms with Crippen LogP contribution in [0.15, 0.2) is 36.7 Å². The molecular formula is C21H23N3O4. The standard InChI is InChI=1S/C21H23N3O4/c1-23-12-21-7-4-15(28-21)16(17(21)20(23)27)19(26)24-9-5-13(6-10-24)18(25)14-3-2-8-22-11-14/h2-4,7-8,11,13,15-17H,5-6,9-10,12H2,1H3/t15-,16+,17-,21-/m1/s1. The van der Waals surface area contributed by atoms with Gasteiger partial charge in [0.25, 0.3) is 0 Å². The zero-order chi connectivity index (χ0) is 19.5. The second kappa shape index (κ2) is 6.24. The first-order valence-electron chi connectivity index (χ1n) is 9.85. The lowest BCUT2D eigenvalue weighted by molar-refractivity contribution is -0.143. The van der Waals surface area contributed by atoms with E-state index < -0.39 is 17.4 Å². The van der Waals surface area contributed by atoms with Crippen LogP contribution in [0.2, 0.25) is 0 Å². The predicted octanol–water partition coefficient (Wildman–Crippen LogP) is 0.915. The number of likely N-dealkylation sites (tertiary alicyclic amines) is 2. The fourth-order valence-electron chi connectivity index (χ4n) is 5.29. The Hall–Kier alpha value is -2.54. The second-order valence-corrected chi connectivity index (χ2v) is 8.30. The Morgan fingerprint density at radius 1 is 1.29 bits per heavy atom. The molecule has 4 aliphatic rings. The van der Waals surface area contributed by atoms with Crippen molar-refractivity contribution in [2.75, 3.05) is 26.7 Å². The normalized spacial score (nSPS) is 34.2. The van der Waals surface area contributed by atoms with Gasteiger partial charge in [0.2, 0.25) is 11.8 Å². The largest absolute Gasteiger partial charge is 0.360 e. The summed E-state index contributed by atoms with van der Waals surface area (Å²) in [6.45, 7) is 1.58. The van der Waals surface area contributed by atoms with Crippen LogP contribution in [0.3, 0.4) is 0 Å². The monoisotopic (exact) mass is 381 g/mol. The highest BCUT2D eigenvalue weighted by atomic mass is 16.5. The quantitative estimate of drug-likeness (QED) is 0.575. The van der Waals surface area contributed by atoms with Crippen molar-refractivity contribution in [3.63, 3.8) is 0 Å². The predicted molar refractivity (Wildman–Crippen MR) is 99.2 cm³/mol. The SMILES string of the molecule is CN1C[C@@]23C=C[C@@H](O2)[C@H](C(=O)N2CCC(C(=O)c4cccnc4)CC2)[C@@H]3C1=O. The third kappa shape index (κ3) is 2.45. The van der Waals surface area contributed by atoms with Gasteiger partial charge in [0.15, 0.2) is 5.78 Å². The molecule has 3 saturated heterocycles. The molecule has 1 aromatic heterocycles. The number of ether oxygens (including phenoxy) is 1. The van der Waals surface area contributed by atoms with Crippen LogP contribution in [0.1, 0.15) is 23.2 Å². The Balaban J connectivity index is 1.27. The number of fused-ring (bicyclic) bond motifs is 1. The van der Waals surface area contributed by atoms with Crippen molar-refractivity contribution in [3.8, 4) is 0 Å². The molecule has 1 aromatic rings. The van der Waals surface area contributed by atoms with Gasteiger partial charge in [-0.3, -0.25) is 19.4 Å². The highest BCUT2D eigenvalue weighted by molar-refractivity contribution is 5.98. The van der Waals surface area contributed by atoms with Crippen molar-refractivity contribution >= 4 is 17.6 Å². The van der Waals surface area contributed by atoms with Crippen LogP contribution in [0.25, 0.3) is 0 Å². The Labute approximate surface area is 163 Å². The van der Waals surface area contributed by atoms with Crippen LogP contribution in [0.4, 0.5) is 0 Å². The molecule has 7 nitrogen and oxygen atoms in total. The van der Waals surface area contributed by atoms with Crippen LogP contribution in [0, 0.1) is 17.8 Å². The van der Waals surface area contributed by atoms with E-state index in [1.165, 1.54) is 0 Å². The van der Waals surface area contributed by atoms with Gasteiger partial charge in [0.1, 0.15) is 5.60 Å². The summed E-state index contributed by atoms with van der Waals surface area (Å²) < 4.78 is 6.08. The number of ketones is 1. The lowest BCUT2D eigenvalue weighted by Crippen LogP contribution is -2.48. The van der Waals surface area contributed by atoms with Crippen LogP contribution in [0.5, 0.6) is 0 Å². The zero-order valence-electron chi connectivity index (χ0n) is 15.8. The van der Waals surface area contributed by atoms with Crippen LogP contribution in [-0.4, -0.2) is 70.8 Å². The molecule has 0 N–H and O–H groups in total. The summed E-state index contributed by atoms with van der Waals surface area (Å²) >= 11 is 0. The molecule has 0 aliphatic carbocycles. The fourth-order valence-corrected chi connectivity index (χ4v) is 5.29. The number of likely N-dealkylation sites (N-methyl/N-ethyl adjacent to an activating group) is 1. The maximum Gasteiger partial charge on any atom is 0.229 e. The van der Waals surface area contributed by atoms with E-state index in [0.717, 1.165) is 0 Å². The van der Waals surface area contributed by atoms with Crippen molar-refractivity contribution in [1.82, 2.24) is 14.8 Å². The minimum absolute atomic E-state index is 0.00755. The number of amides is 2. The molecule has 0 unspecified atom stereocenters. The summed E-state index contributed by atoms with van der Waals surface area (Å²) in [4.78, 5) is 46.1. The summed E-state index contributed by atoms with van der Waals surface area (Å²) in [5.74, 6) is -0.889. The Morgan fingerprint density at radius 3 is 2.79 bits per heavy atom. The maximum atomic E-state index is 13.3. The van der Waals surface area contributed by atoms with Crippen molar-refractivity contribution in [3.05, 3.63) is 42.2 Å². The lowest BCUT2D eigenvalue weighted by atomic mass is 9.76. The molecule has 0 aromatic carbocycles. The fraction of sp³-hybridized carbons (Fsp3) is 0.524. The van der Waals surface area contributed by atoms with Gasteiger partial charge in [-0.1, -0.05) is 12.2 Å². The molecule has 5 heterocycles. The molecule has 7 heteroatoms. The van der Waals surface area contributed by atoms with Gasteiger partial charge in [-0.25, -0.2) is 0 Å². The molecule has 2 bridgehead atoms. The van der Waals surface area contributed by atoms with Crippen molar-refractivity contribution < 1.29 is 19.1 Å². The summed E-state index contributed by atoms with van der Waals surface area (Å²) in [5, 5.41) is 0. The molecule has 5 rings (SSSR count). The Bertz CT molecular complexity index is 862. The number of rotatable bonds is 3. The van der Waals surface area contributed by atoms with E-state index in [2.05, 4.69) is 4.98 Å². The molecule has 4 aliphatic heterocycles. The summed E-state index contributed by atoms with van der Waals surface area (Å²) in [6.07, 6.45) is 8.11.